The average Bonchev–Trinajstić information content (AvgIpc) is 3.05. The topological polar surface area (TPSA) is 31.0 Å². The second-order valence-electron chi connectivity index (χ2n) is 6.69. The number of hydrogen-bond acceptors (Lipinski definition) is 3. The average molecular weight is 252 g/mol. The Balaban J connectivity index is 1.66. The van der Waals surface area contributed by atoms with E-state index in [9.17, 15) is 0 Å². The molecule has 0 aromatic carbocycles. The van der Waals surface area contributed by atoms with Gasteiger partial charge in [0.25, 0.3) is 0 Å². The van der Waals surface area contributed by atoms with Crippen LogP contribution < -0.4 is 0 Å². The lowest BCUT2D eigenvalue weighted by atomic mass is 9.52. The van der Waals surface area contributed by atoms with Crippen LogP contribution in [0.25, 0.3) is 0 Å². The van der Waals surface area contributed by atoms with Crippen molar-refractivity contribution in [3.8, 4) is 0 Å². The quantitative estimate of drug-likeness (QED) is 0.708. The van der Waals surface area contributed by atoms with Gasteiger partial charge in [-0.05, 0) is 44.9 Å². The minimum atomic E-state index is 0.0310. The first-order chi connectivity index (χ1) is 8.70. The molecule has 0 aromatic rings. The highest BCUT2D eigenvalue weighted by Crippen LogP contribution is 2.69. The molecule has 0 aromatic heterocycles. The lowest BCUT2D eigenvalue weighted by Gasteiger charge is -2.57. The van der Waals surface area contributed by atoms with Gasteiger partial charge in [-0.2, -0.15) is 0 Å². The third-order valence-corrected chi connectivity index (χ3v) is 6.18. The number of ether oxygens (including phenoxy) is 3. The van der Waals surface area contributed by atoms with Gasteiger partial charge < -0.3 is 14.2 Å². The van der Waals surface area contributed by atoms with Crippen LogP contribution in [0.1, 0.15) is 52.4 Å². The van der Waals surface area contributed by atoms with E-state index in [0.717, 1.165) is 18.9 Å². The molecule has 0 unspecified atom stereocenters. The van der Waals surface area contributed by atoms with Crippen molar-refractivity contribution < 1.29 is 14.2 Å². The van der Waals surface area contributed by atoms with Crippen LogP contribution in [0.15, 0.2) is 0 Å². The molecular formula is C15H24O3. The lowest BCUT2D eigenvalue weighted by molar-refractivity contribution is -0.273. The van der Waals surface area contributed by atoms with Crippen molar-refractivity contribution in [2.75, 3.05) is 6.61 Å². The molecular weight excluding hydrogens is 228 g/mol. The van der Waals surface area contributed by atoms with Crippen LogP contribution in [0.3, 0.4) is 0 Å². The highest BCUT2D eigenvalue weighted by atomic mass is 16.7. The molecule has 2 aliphatic carbocycles. The largest absolute Gasteiger partial charge is 0.365 e. The van der Waals surface area contributed by atoms with E-state index in [-0.39, 0.29) is 17.3 Å². The van der Waals surface area contributed by atoms with Crippen LogP contribution in [0, 0.1) is 11.3 Å². The van der Waals surface area contributed by atoms with Gasteiger partial charge in [0, 0.05) is 18.4 Å². The standard InChI is InChI=1S/C15H24O3/c1-3-16-13-9-10-6-7-12-15(18-12)8-4-5-11(17-13)14(10,15)2/h10-13H,3-9H2,1-2H3/t10-,11-,12-,13-,14-,15-/m1/s1. The molecule has 102 valence electrons. The smallest absolute Gasteiger partial charge is 0.158 e. The van der Waals surface area contributed by atoms with Crippen LogP contribution in [0.4, 0.5) is 0 Å². The summed E-state index contributed by atoms with van der Waals surface area (Å²) in [6, 6.07) is 0. The maximum absolute atomic E-state index is 6.26. The normalized spacial score (nSPS) is 57.7. The minimum Gasteiger partial charge on any atom is -0.365 e. The Bertz CT molecular complexity index is 348. The van der Waals surface area contributed by atoms with Gasteiger partial charge in [-0.15, -0.1) is 0 Å². The molecule has 2 aliphatic heterocycles. The number of rotatable bonds is 2. The van der Waals surface area contributed by atoms with Crippen LogP contribution in [-0.2, 0) is 14.2 Å². The van der Waals surface area contributed by atoms with E-state index in [1.807, 2.05) is 0 Å². The van der Waals surface area contributed by atoms with E-state index in [1.165, 1.54) is 32.1 Å². The van der Waals surface area contributed by atoms with E-state index in [4.69, 9.17) is 14.2 Å². The molecule has 18 heavy (non-hydrogen) atoms. The Morgan fingerprint density at radius 3 is 2.94 bits per heavy atom. The summed E-state index contributed by atoms with van der Waals surface area (Å²) in [4.78, 5) is 0. The van der Waals surface area contributed by atoms with Crippen LogP contribution in [0.5, 0.6) is 0 Å². The van der Waals surface area contributed by atoms with Crippen molar-refractivity contribution in [3.63, 3.8) is 0 Å². The summed E-state index contributed by atoms with van der Waals surface area (Å²) < 4.78 is 18.2. The Hall–Kier alpha value is -0.120. The molecule has 2 heterocycles. The van der Waals surface area contributed by atoms with E-state index >= 15 is 0 Å². The molecule has 6 atom stereocenters. The minimum absolute atomic E-state index is 0.0310. The summed E-state index contributed by atoms with van der Waals surface area (Å²) in [6.07, 6.45) is 8.24. The van der Waals surface area contributed by atoms with Gasteiger partial charge in [-0.25, -0.2) is 0 Å². The van der Waals surface area contributed by atoms with Crippen molar-refractivity contribution in [1.82, 2.24) is 0 Å². The van der Waals surface area contributed by atoms with Gasteiger partial charge in [-0.1, -0.05) is 6.92 Å². The maximum Gasteiger partial charge on any atom is 0.158 e. The van der Waals surface area contributed by atoms with Gasteiger partial charge in [0.1, 0.15) is 5.60 Å². The predicted octanol–water partition coefficient (Wildman–Crippen LogP) is 2.88. The molecule has 3 heteroatoms. The molecule has 0 amide bonds. The summed E-state index contributed by atoms with van der Waals surface area (Å²) >= 11 is 0. The van der Waals surface area contributed by atoms with Crippen molar-refractivity contribution >= 4 is 0 Å². The number of epoxide rings is 1. The molecule has 2 saturated carbocycles. The molecule has 0 bridgehead atoms. The van der Waals surface area contributed by atoms with Gasteiger partial charge in [0.15, 0.2) is 6.29 Å². The molecule has 3 nitrogen and oxygen atoms in total. The van der Waals surface area contributed by atoms with E-state index in [1.54, 1.807) is 0 Å². The Morgan fingerprint density at radius 2 is 2.11 bits per heavy atom. The SMILES string of the molecule is CCO[C@H]1C[C@H]2CC[C@H]3O[C@]34CCC[C@@H](O1)[C@@]24C. The highest BCUT2D eigenvalue weighted by Gasteiger charge is 2.75. The molecule has 0 N–H and O–H groups in total. The fourth-order valence-corrected chi connectivity index (χ4v) is 5.19. The van der Waals surface area contributed by atoms with Crippen molar-refractivity contribution in [1.29, 1.82) is 0 Å². The summed E-state index contributed by atoms with van der Waals surface area (Å²) in [7, 11) is 0. The summed E-state index contributed by atoms with van der Waals surface area (Å²) in [6.45, 7) is 5.24. The van der Waals surface area contributed by atoms with Crippen LogP contribution in [0.2, 0.25) is 0 Å². The lowest BCUT2D eigenvalue weighted by Crippen LogP contribution is -2.61. The summed E-state index contributed by atoms with van der Waals surface area (Å²) in [5.41, 5.74) is 0.428. The van der Waals surface area contributed by atoms with Gasteiger partial charge in [-0.3, -0.25) is 0 Å². The molecule has 1 spiro atoms. The maximum atomic E-state index is 6.26. The predicted molar refractivity (Wildman–Crippen MR) is 67.2 cm³/mol. The fraction of sp³-hybridized carbons (Fsp3) is 1.00. The van der Waals surface area contributed by atoms with Crippen molar-refractivity contribution in [3.05, 3.63) is 0 Å². The monoisotopic (exact) mass is 252 g/mol. The number of hydrogen-bond donors (Lipinski definition) is 0. The zero-order valence-electron chi connectivity index (χ0n) is 11.5. The molecule has 2 saturated heterocycles. The van der Waals surface area contributed by atoms with E-state index in [0.29, 0.717) is 12.2 Å². The van der Waals surface area contributed by atoms with Gasteiger partial charge in [0.05, 0.1) is 12.2 Å². The highest BCUT2D eigenvalue weighted by molar-refractivity contribution is 5.22. The third-order valence-electron chi connectivity index (χ3n) is 6.18. The zero-order chi connectivity index (χ0) is 12.4. The van der Waals surface area contributed by atoms with Crippen molar-refractivity contribution in [2.45, 2.75) is 76.5 Å². The van der Waals surface area contributed by atoms with Gasteiger partial charge >= 0.3 is 0 Å². The van der Waals surface area contributed by atoms with E-state index < -0.39 is 0 Å². The Kier molecular flexibility index (Phi) is 2.41. The molecule has 4 rings (SSSR count). The van der Waals surface area contributed by atoms with E-state index in [2.05, 4.69) is 13.8 Å². The zero-order valence-corrected chi connectivity index (χ0v) is 11.5. The summed E-state index contributed by atoms with van der Waals surface area (Å²) in [5.74, 6) is 0.729. The molecule has 0 radical (unpaired) electrons. The Labute approximate surface area is 109 Å². The van der Waals surface area contributed by atoms with Gasteiger partial charge in [0.2, 0.25) is 0 Å². The Morgan fingerprint density at radius 1 is 1.22 bits per heavy atom. The molecule has 4 fully saturated rings. The molecule has 4 aliphatic rings. The van der Waals surface area contributed by atoms with Crippen molar-refractivity contribution in [2.24, 2.45) is 11.3 Å². The third kappa shape index (κ3) is 1.26. The van der Waals surface area contributed by atoms with Crippen LogP contribution in [-0.4, -0.2) is 30.7 Å². The van der Waals surface area contributed by atoms with Crippen LogP contribution >= 0.6 is 0 Å². The first-order valence-electron chi connectivity index (χ1n) is 7.65. The fourth-order valence-electron chi connectivity index (χ4n) is 5.19. The second-order valence-corrected chi connectivity index (χ2v) is 6.69. The first-order valence-corrected chi connectivity index (χ1v) is 7.65. The second kappa shape index (κ2) is 3.71. The first kappa shape index (κ1) is 11.7. The summed E-state index contributed by atoms with van der Waals surface area (Å²) in [5, 5.41) is 0.